The van der Waals surface area contributed by atoms with Crippen LogP contribution >= 0.6 is 11.3 Å². The molecule has 3 heterocycles. The number of aryl methyl sites for hydroxylation is 1. The Balaban J connectivity index is 1.66. The molecular weight excluding hydrogens is 460 g/mol. The maximum atomic E-state index is 11.9. The molecule has 4 aromatic rings. The lowest BCUT2D eigenvalue weighted by Crippen LogP contribution is -2.08. The predicted molar refractivity (Wildman–Crippen MR) is 130 cm³/mol. The molecule has 1 aromatic carbocycles. The minimum atomic E-state index is -3.32. The van der Waals surface area contributed by atoms with Crippen LogP contribution in [0.1, 0.15) is 23.7 Å². The second-order valence-corrected chi connectivity index (χ2v) is 10.7. The number of pyridine rings is 1. The summed E-state index contributed by atoms with van der Waals surface area (Å²) in [6, 6.07) is 9.29. The first-order valence-electron chi connectivity index (χ1n) is 10.1. The summed E-state index contributed by atoms with van der Waals surface area (Å²) in [5.74, 6) is 2.54. The van der Waals surface area contributed by atoms with Gasteiger partial charge >= 0.3 is 0 Å². The van der Waals surface area contributed by atoms with Gasteiger partial charge in [0.2, 0.25) is 0 Å². The van der Waals surface area contributed by atoms with Crippen LogP contribution in [0.3, 0.4) is 0 Å². The first-order valence-corrected chi connectivity index (χ1v) is 12.8. The molecule has 0 amide bonds. The van der Waals surface area contributed by atoms with Crippen LogP contribution in [0.25, 0.3) is 21.3 Å². The lowest BCUT2D eigenvalue weighted by atomic mass is 10.2. The van der Waals surface area contributed by atoms with Crippen LogP contribution in [0.15, 0.2) is 47.6 Å². The fourth-order valence-electron chi connectivity index (χ4n) is 3.46. The van der Waals surface area contributed by atoms with Crippen LogP contribution in [0.2, 0.25) is 0 Å². The second kappa shape index (κ2) is 8.95. The maximum absolute atomic E-state index is 11.9. The number of fused-ring (bicyclic) bond motifs is 1. The minimum Gasteiger partial charge on any atom is -0.493 e. The lowest BCUT2D eigenvalue weighted by molar-refractivity contribution is 0.356. The van der Waals surface area contributed by atoms with E-state index in [9.17, 15) is 8.42 Å². The van der Waals surface area contributed by atoms with Gasteiger partial charge in [-0.1, -0.05) is 0 Å². The van der Waals surface area contributed by atoms with Crippen molar-refractivity contribution in [2.45, 2.75) is 24.8 Å². The van der Waals surface area contributed by atoms with E-state index in [1.807, 2.05) is 38.1 Å². The molecule has 0 aliphatic carbocycles. The Morgan fingerprint density at radius 1 is 1.03 bits per heavy atom. The molecule has 0 radical (unpaired) electrons. The van der Waals surface area contributed by atoms with Gasteiger partial charge in [0.05, 0.1) is 30.7 Å². The van der Waals surface area contributed by atoms with Gasteiger partial charge in [0.15, 0.2) is 21.3 Å². The molecule has 0 aliphatic rings. The molecule has 172 valence electrons. The molecule has 0 saturated heterocycles. The van der Waals surface area contributed by atoms with E-state index in [1.54, 1.807) is 37.8 Å². The Hall–Kier alpha value is -3.24. The largest absolute Gasteiger partial charge is 0.493 e. The molecule has 33 heavy (non-hydrogen) atoms. The van der Waals surface area contributed by atoms with Gasteiger partial charge in [0.1, 0.15) is 11.6 Å². The summed E-state index contributed by atoms with van der Waals surface area (Å²) in [7, 11) is -0.139. The summed E-state index contributed by atoms with van der Waals surface area (Å²) in [4.78, 5) is 15.4. The standard InChI is InChI=1S/C23H24N4O4S2/c1-13(21-6-7-22(32-21)15-8-16(12-24-11-15)33(5,28)29)25-23-17-9-19(30-3)20(31-4)10-18(17)26-14(2)27-23/h6-13H,1-5H3,(H,25,26,27)/t13-/m0/s1. The van der Waals surface area contributed by atoms with Crippen LogP contribution < -0.4 is 14.8 Å². The zero-order valence-electron chi connectivity index (χ0n) is 18.9. The SMILES string of the molecule is COc1cc2nc(C)nc(N[C@@H](C)c3ccc(-c4cncc(S(C)(=O)=O)c4)s3)c2cc1OC. The van der Waals surface area contributed by atoms with Crippen molar-refractivity contribution in [3.8, 4) is 21.9 Å². The quantitative estimate of drug-likeness (QED) is 0.404. The lowest BCUT2D eigenvalue weighted by Gasteiger charge is -2.16. The van der Waals surface area contributed by atoms with E-state index in [1.165, 1.54) is 12.5 Å². The summed E-state index contributed by atoms with van der Waals surface area (Å²) < 4.78 is 34.6. The second-order valence-electron chi connectivity index (χ2n) is 7.59. The highest BCUT2D eigenvalue weighted by atomic mass is 32.2. The van der Waals surface area contributed by atoms with Crippen LogP contribution in [0.4, 0.5) is 5.82 Å². The zero-order chi connectivity index (χ0) is 23.8. The van der Waals surface area contributed by atoms with Crippen molar-refractivity contribution in [1.82, 2.24) is 15.0 Å². The molecule has 0 saturated carbocycles. The highest BCUT2D eigenvalue weighted by molar-refractivity contribution is 7.90. The van der Waals surface area contributed by atoms with E-state index in [0.29, 0.717) is 23.1 Å². The highest BCUT2D eigenvalue weighted by Gasteiger charge is 2.17. The number of methoxy groups -OCH3 is 2. The molecule has 4 rings (SSSR count). The number of hydrogen-bond acceptors (Lipinski definition) is 9. The molecule has 0 bridgehead atoms. The number of thiophene rings is 1. The Morgan fingerprint density at radius 3 is 2.45 bits per heavy atom. The van der Waals surface area contributed by atoms with Crippen LogP contribution in [-0.2, 0) is 9.84 Å². The molecule has 1 N–H and O–H groups in total. The third-order valence-electron chi connectivity index (χ3n) is 5.15. The number of ether oxygens (including phenoxy) is 2. The van der Waals surface area contributed by atoms with E-state index in [-0.39, 0.29) is 10.9 Å². The number of benzene rings is 1. The normalized spacial score (nSPS) is 12.5. The molecule has 10 heteroatoms. The summed E-state index contributed by atoms with van der Waals surface area (Å²) in [6.07, 6.45) is 4.21. The van der Waals surface area contributed by atoms with E-state index in [4.69, 9.17) is 9.47 Å². The fraction of sp³-hybridized carbons (Fsp3) is 0.261. The van der Waals surface area contributed by atoms with Crippen molar-refractivity contribution in [2.75, 3.05) is 25.8 Å². The average molecular weight is 485 g/mol. The summed E-state index contributed by atoms with van der Waals surface area (Å²) in [6.45, 7) is 3.89. The molecular formula is C23H24N4O4S2. The van der Waals surface area contributed by atoms with Crippen molar-refractivity contribution in [3.05, 3.63) is 53.4 Å². The Bertz CT molecular complexity index is 1430. The van der Waals surface area contributed by atoms with Gasteiger partial charge in [-0.25, -0.2) is 18.4 Å². The molecule has 8 nitrogen and oxygen atoms in total. The molecule has 0 fully saturated rings. The number of sulfone groups is 1. The van der Waals surface area contributed by atoms with Gasteiger partial charge in [-0.05, 0) is 38.1 Å². The molecule has 0 spiro atoms. The van der Waals surface area contributed by atoms with Crippen molar-refractivity contribution >= 4 is 37.9 Å². The van der Waals surface area contributed by atoms with Gasteiger partial charge in [-0.2, -0.15) is 0 Å². The number of anilines is 1. The van der Waals surface area contributed by atoms with Gasteiger partial charge in [0.25, 0.3) is 0 Å². The van der Waals surface area contributed by atoms with E-state index in [0.717, 1.165) is 26.2 Å². The van der Waals surface area contributed by atoms with Crippen LogP contribution in [-0.4, -0.2) is 43.8 Å². The number of nitrogens with zero attached hydrogens (tertiary/aromatic N) is 3. The summed E-state index contributed by atoms with van der Waals surface area (Å²) in [5, 5.41) is 4.31. The Labute approximate surface area is 196 Å². The van der Waals surface area contributed by atoms with Gasteiger partial charge in [-0.3, -0.25) is 4.98 Å². The maximum Gasteiger partial charge on any atom is 0.177 e. The minimum absolute atomic E-state index is 0.0552. The molecule has 0 aliphatic heterocycles. The van der Waals surface area contributed by atoms with Crippen LogP contribution in [0, 0.1) is 6.92 Å². The topological polar surface area (TPSA) is 103 Å². The first kappa shape index (κ1) is 22.9. The van der Waals surface area contributed by atoms with Gasteiger partial charge < -0.3 is 14.8 Å². The van der Waals surface area contributed by atoms with Crippen LogP contribution in [0.5, 0.6) is 11.5 Å². The predicted octanol–water partition coefficient (Wildman–Crippen LogP) is 4.66. The molecule has 1 atom stereocenters. The van der Waals surface area contributed by atoms with Crippen molar-refractivity contribution in [3.63, 3.8) is 0 Å². The van der Waals surface area contributed by atoms with Crippen molar-refractivity contribution < 1.29 is 17.9 Å². The summed E-state index contributed by atoms with van der Waals surface area (Å²) >= 11 is 1.57. The summed E-state index contributed by atoms with van der Waals surface area (Å²) in [5.41, 5.74) is 1.52. The number of nitrogens with one attached hydrogen (secondary N) is 1. The molecule has 3 aromatic heterocycles. The van der Waals surface area contributed by atoms with Gasteiger partial charge in [0, 0.05) is 45.4 Å². The number of aromatic nitrogens is 3. The smallest absolute Gasteiger partial charge is 0.177 e. The third-order valence-corrected chi connectivity index (χ3v) is 7.54. The zero-order valence-corrected chi connectivity index (χ0v) is 20.5. The van der Waals surface area contributed by atoms with E-state index < -0.39 is 9.84 Å². The number of rotatable bonds is 7. The number of hydrogen-bond donors (Lipinski definition) is 1. The fourth-order valence-corrected chi connectivity index (χ4v) is 5.04. The van der Waals surface area contributed by atoms with Gasteiger partial charge in [-0.15, -0.1) is 11.3 Å². The van der Waals surface area contributed by atoms with Crippen molar-refractivity contribution in [1.29, 1.82) is 0 Å². The van der Waals surface area contributed by atoms with E-state index >= 15 is 0 Å². The average Bonchev–Trinajstić information content (AvgIpc) is 3.28. The highest BCUT2D eigenvalue weighted by Crippen LogP contribution is 2.37. The van der Waals surface area contributed by atoms with E-state index in [2.05, 4.69) is 20.3 Å². The Morgan fingerprint density at radius 2 is 1.76 bits per heavy atom. The third kappa shape index (κ3) is 4.76. The van der Waals surface area contributed by atoms with Crippen molar-refractivity contribution in [2.24, 2.45) is 0 Å². The monoisotopic (exact) mass is 484 g/mol. The molecule has 0 unspecified atom stereocenters. The Kier molecular flexibility index (Phi) is 6.22. The first-order chi connectivity index (χ1) is 15.7.